The summed E-state index contributed by atoms with van der Waals surface area (Å²) in [6.07, 6.45) is 6.71. The average molecular weight is 264 g/mol. The highest BCUT2D eigenvalue weighted by Crippen LogP contribution is 2.25. The van der Waals surface area contributed by atoms with Crippen LogP contribution in [0.4, 0.5) is 5.69 Å². The number of hydrazine groups is 1. The van der Waals surface area contributed by atoms with E-state index in [1.807, 2.05) is 4.90 Å². The van der Waals surface area contributed by atoms with Crippen molar-refractivity contribution < 1.29 is 9.90 Å². The molecule has 6 nitrogen and oxygen atoms in total. The second-order valence-corrected chi connectivity index (χ2v) is 4.73. The van der Waals surface area contributed by atoms with Crippen LogP contribution in [0, 0.1) is 0 Å². The lowest BCUT2D eigenvalue weighted by Crippen LogP contribution is -2.36. The van der Waals surface area contributed by atoms with E-state index >= 15 is 0 Å². The number of anilines is 1. The fourth-order valence-electron chi connectivity index (χ4n) is 2.58. The van der Waals surface area contributed by atoms with Crippen LogP contribution < -0.4 is 11.3 Å². The standard InChI is InChI=1S/C13H20N4O2/c14-16-12-5-6-15-9-11(12)13(19)17-7-1-3-10(17)4-2-8-18/h5-6,9-10,18H,1-4,7-8,14H2,(H,15,16). The summed E-state index contributed by atoms with van der Waals surface area (Å²) in [7, 11) is 0. The van der Waals surface area contributed by atoms with E-state index in [1.165, 1.54) is 0 Å². The zero-order valence-corrected chi connectivity index (χ0v) is 10.9. The van der Waals surface area contributed by atoms with E-state index in [2.05, 4.69) is 10.4 Å². The monoisotopic (exact) mass is 264 g/mol. The first-order valence-corrected chi connectivity index (χ1v) is 6.60. The molecule has 4 N–H and O–H groups in total. The van der Waals surface area contributed by atoms with E-state index in [0.717, 1.165) is 32.2 Å². The van der Waals surface area contributed by atoms with Gasteiger partial charge in [0, 0.05) is 31.6 Å². The number of nitrogens with two attached hydrogens (primary N) is 1. The van der Waals surface area contributed by atoms with E-state index in [1.54, 1.807) is 18.5 Å². The van der Waals surface area contributed by atoms with Crippen molar-refractivity contribution in [3.8, 4) is 0 Å². The minimum Gasteiger partial charge on any atom is -0.396 e. The average Bonchev–Trinajstić information content (AvgIpc) is 2.92. The van der Waals surface area contributed by atoms with Crippen molar-refractivity contribution in [2.24, 2.45) is 5.84 Å². The van der Waals surface area contributed by atoms with Gasteiger partial charge in [0.2, 0.25) is 0 Å². The summed E-state index contributed by atoms with van der Waals surface area (Å²) in [6.45, 7) is 0.925. The Bertz CT molecular complexity index is 438. The molecule has 0 aromatic carbocycles. The molecule has 1 unspecified atom stereocenters. The van der Waals surface area contributed by atoms with Gasteiger partial charge < -0.3 is 15.4 Å². The van der Waals surface area contributed by atoms with Crippen molar-refractivity contribution in [1.82, 2.24) is 9.88 Å². The van der Waals surface area contributed by atoms with Crippen LogP contribution in [0.1, 0.15) is 36.0 Å². The molecule has 0 radical (unpaired) electrons. The fourth-order valence-corrected chi connectivity index (χ4v) is 2.58. The Morgan fingerprint density at radius 1 is 1.63 bits per heavy atom. The molecule has 1 aliphatic heterocycles. The number of nitrogens with zero attached hydrogens (tertiary/aromatic N) is 2. The summed E-state index contributed by atoms with van der Waals surface area (Å²) in [6, 6.07) is 1.90. The first-order chi connectivity index (χ1) is 9.27. The number of aliphatic hydroxyl groups excluding tert-OH is 1. The third kappa shape index (κ3) is 3.02. The van der Waals surface area contributed by atoms with Crippen LogP contribution in [0.5, 0.6) is 0 Å². The molecule has 2 rings (SSSR count). The molecule has 104 valence electrons. The van der Waals surface area contributed by atoms with Gasteiger partial charge in [0.1, 0.15) is 0 Å². The van der Waals surface area contributed by atoms with Crippen molar-refractivity contribution in [1.29, 1.82) is 0 Å². The van der Waals surface area contributed by atoms with E-state index in [9.17, 15) is 4.79 Å². The first-order valence-electron chi connectivity index (χ1n) is 6.60. The lowest BCUT2D eigenvalue weighted by molar-refractivity contribution is 0.0725. The Hall–Kier alpha value is -1.66. The number of nitrogens with one attached hydrogen (secondary N) is 1. The normalized spacial score (nSPS) is 18.6. The molecule has 1 aromatic heterocycles. The van der Waals surface area contributed by atoms with E-state index in [0.29, 0.717) is 11.3 Å². The number of hydrogen-bond donors (Lipinski definition) is 3. The third-order valence-electron chi connectivity index (χ3n) is 3.54. The quantitative estimate of drug-likeness (QED) is 0.539. The zero-order valence-electron chi connectivity index (χ0n) is 10.9. The Labute approximate surface area is 112 Å². The summed E-state index contributed by atoms with van der Waals surface area (Å²) >= 11 is 0. The second kappa shape index (κ2) is 6.49. The first kappa shape index (κ1) is 13.8. The number of carbonyl (C=O) groups is 1. The Balaban J connectivity index is 2.13. The van der Waals surface area contributed by atoms with Crippen molar-refractivity contribution in [3.05, 3.63) is 24.0 Å². The summed E-state index contributed by atoms with van der Waals surface area (Å²) in [5.41, 5.74) is 3.62. The maximum atomic E-state index is 12.5. The van der Waals surface area contributed by atoms with E-state index < -0.39 is 0 Å². The van der Waals surface area contributed by atoms with E-state index in [4.69, 9.17) is 10.9 Å². The Morgan fingerprint density at radius 3 is 3.21 bits per heavy atom. The number of likely N-dealkylation sites (tertiary alicyclic amines) is 1. The molecule has 1 aliphatic rings. The van der Waals surface area contributed by atoms with Gasteiger partial charge in [-0.3, -0.25) is 15.6 Å². The van der Waals surface area contributed by atoms with E-state index in [-0.39, 0.29) is 18.6 Å². The highest BCUT2D eigenvalue weighted by Gasteiger charge is 2.30. The number of amides is 1. The predicted molar refractivity (Wildman–Crippen MR) is 72.4 cm³/mol. The summed E-state index contributed by atoms with van der Waals surface area (Å²) < 4.78 is 0. The van der Waals surface area contributed by atoms with Crippen LogP contribution in [-0.2, 0) is 0 Å². The number of nitrogen functional groups attached to an aromatic ring is 1. The van der Waals surface area contributed by atoms with Crippen molar-refractivity contribution in [2.45, 2.75) is 31.7 Å². The molecule has 0 saturated carbocycles. The molecular weight excluding hydrogens is 244 g/mol. The minimum absolute atomic E-state index is 0.0403. The molecule has 0 bridgehead atoms. The molecule has 1 atom stereocenters. The molecule has 1 aromatic rings. The molecule has 1 amide bonds. The van der Waals surface area contributed by atoms with Crippen LogP contribution in [0.25, 0.3) is 0 Å². The molecule has 2 heterocycles. The second-order valence-electron chi connectivity index (χ2n) is 4.73. The molecule has 1 saturated heterocycles. The highest BCUT2D eigenvalue weighted by atomic mass is 16.3. The van der Waals surface area contributed by atoms with Gasteiger partial charge in [0.05, 0.1) is 11.3 Å². The zero-order chi connectivity index (χ0) is 13.7. The molecule has 19 heavy (non-hydrogen) atoms. The predicted octanol–water partition coefficient (Wildman–Crippen LogP) is 0.744. The van der Waals surface area contributed by atoms with Gasteiger partial charge in [-0.1, -0.05) is 0 Å². The number of carbonyl (C=O) groups excluding carboxylic acids is 1. The minimum atomic E-state index is -0.0403. The van der Waals surface area contributed by atoms with Gasteiger partial charge in [0.25, 0.3) is 5.91 Å². The number of aliphatic hydroxyl groups is 1. The fraction of sp³-hybridized carbons (Fsp3) is 0.538. The topological polar surface area (TPSA) is 91.5 Å². The number of rotatable bonds is 5. The lowest BCUT2D eigenvalue weighted by Gasteiger charge is -2.25. The largest absolute Gasteiger partial charge is 0.396 e. The van der Waals surface area contributed by atoms with Gasteiger partial charge in [-0.25, -0.2) is 0 Å². The third-order valence-corrected chi connectivity index (χ3v) is 3.54. The van der Waals surface area contributed by atoms with Crippen LogP contribution in [-0.4, -0.2) is 40.1 Å². The summed E-state index contributed by atoms with van der Waals surface area (Å²) in [5, 5.41) is 8.91. The molecule has 1 fully saturated rings. The van der Waals surface area contributed by atoms with Gasteiger partial charge in [-0.15, -0.1) is 0 Å². The number of hydrogen-bond acceptors (Lipinski definition) is 5. The molecule has 0 spiro atoms. The van der Waals surface area contributed by atoms with Crippen LogP contribution in [0.15, 0.2) is 18.5 Å². The van der Waals surface area contributed by atoms with Crippen molar-refractivity contribution >= 4 is 11.6 Å². The van der Waals surface area contributed by atoms with Crippen LogP contribution in [0.2, 0.25) is 0 Å². The smallest absolute Gasteiger partial charge is 0.257 e. The van der Waals surface area contributed by atoms with Gasteiger partial charge in [0.15, 0.2) is 0 Å². The molecule has 6 heteroatoms. The van der Waals surface area contributed by atoms with Gasteiger partial charge in [-0.2, -0.15) is 0 Å². The van der Waals surface area contributed by atoms with Gasteiger partial charge >= 0.3 is 0 Å². The maximum Gasteiger partial charge on any atom is 0.257 e. The summed E-state index contributed by atoms with van der Waals surface area (Å²) in [5.74, 6) is 5.38. The maximum absolute atomic E-state index is 12.5. The number of aromatic nitrogens is 1. The van der Waals surface area contributed by atoms with Crippen LogP contribution in [0.3, 0.4) is 0 Å². The highest BCUT2D eigenvalue weighted by molar-refractivity contribution is 5.99. The SMILES string of the molecule is NNc1ccncc1C(=O)N1CCCC1CCCO. The van der Waals surface area contributed by atoms with Gasteiger partial charge in [-0.05, 0) is 31.7 Å². The Morgan fingerprint density at radius 2 is 2.47 bits per heavy atom. The Kier molecular flexibility index (Phi) is 4.70. The number of pyridine rings is 1. The lowest BCUT2D eigenvalue weighted by atomic mass is 10.1. The van der Waals surface area contributed by atoms with Crippen LogP contribution >= 0.6 is 0 Å². The van der Waals surface area contributed by atoms with Crippen molar-refractivity contribution in [2.75, 3.05) is 18.6 Å². The molecular formula is C13H20N4O2. The summed E-state index contributed by atoms with van der Waals surface area (Å²) in [4.78, 5) is 18.4. The molecule has 0 aliphatic carbocycles. The van der Waals surface area contributed by atoms with Crippen molar-refractivity contribution in [3.63, 3.8) is 0 Å².